The summed E-state index contributed by atoms with van der Waals surface area (Å²) in [4.78, 5) is 23.9. The smallest absolute Gasteiger partial charge is 0.318 e. The summed E-state index contributed by atoms with van der Waals surface area (Å²) < 4.78 is 5.19. The third kappa shape index (κ3) is 3.85. The van der Waals surface area contributed by atoms with Crippen molar-refractivity contribution in [1.82, 2.24) is 10.2 Å². The summed E-state index contributed by atoms with van der Waals surface area (Å²) >= 11 is 0. The lowest BCUT2D eigenvalue weighted by atomic mass is 10.1. The van der Waals surface area contributed by atoms with Gasteiger partial charge in [-0.3, -0.25) is 10.1 Å². The number of carbonyl (C=O) groups excluding carboxylic acids is 1. The molecule has 0 spiro atoms. The zero-order valence-electron chi connectivity index (χ0n) is 12.4. The molecule has 2 rings (SSSR count). The average Bonchev–Trinajstić information content (AvgIpc) is 3.00. The highest BCUT2D eigenvalue weighted by atomic mass is 16.6. The number of nitrogens with zero attached hydrogens (tertiary/aromatic N) is 2. The Morgan fingerprint density at radius 3 is 2.82 bits per heavy atom. The highest BCUT2D eigenvalue weighted by Crippen LogP contribution is 2.19. The van der Waals surface area contributed by atoms with Gasteiger partial charge in [-0.25, -0.2) is 4.79 Å². The van der Waals surface area contributed by atoms with Crippen molar-refractivity contribution in [2.24, 2.45) is 0 Å². The lowest BCUT2D eigenvalue weighted by Gasteiger charge is -2.20. The van der Waals surface area contributed by atoms with Crippen LogP contribution in [0.1, 0.15) is 24.3 Å². The molecule has 2 aromatic rings. The molecule has 2 amide bonds. The fourth-order valence-corrected chi connectivity index (χ4v) is 1.99. The second-order valence-electron chi connectivity index (χ2n) is 4.96. The maximum atomic E-state index is 12.1. The van der Waals surface area contributed by atoms with Crippen LogP contribution >= 0.6 is 0 Å². The van der Waals surface area contributed by atoms with Crippen molar-refractivity contribution < 1.29 is 14.1 Å². The molecule has 0 aliphatic carbocycles. The first kappa shape index (κ1) is 15.6. The summed E-state index contributed by atoms with van der Waals surface area (Å²) in [6, 6.07) is 9.13. The van der Waals surface area contributed by atoms with Crippen molar-refractivity contribution in [3.63, 3.8) is 0 Å². The van der Waals surface area contributed by atoms with E-state index in [-0.39, 0.29) is 17.8 Å². The quantitative estimate of drug-likeness (QED) is 0.679. The number of hydrogen-bond acceptors (Lipinski definition) is 4. The van der Waals surface area contributed by atoms with Gasteiger partial charge in [0.15, 0.2) is 0 Å². The van der Waals surface area contributed by atoms with Gasteiger partial charge in [-0.05, 0) is 24.6 Å². The highest BCUT2D eigenvalue weighted by Gasteiger charge is 2.16. The summed E-state index contributed by atoms with van der Waals surface area (Å²) in [6.45, 7) is 2.12. The Balaban J connectivity index is 1.98. The van der Waals surface area contributed by atoms with Gasteiger partial charge in [0, 0.05) is 19.2 Å². The van der Waals surface area contributed by atoms with Crippen LogP contribution in [0.5, 0.6) is 0 Å². The minimum Gasteiger partial charge on any atom is -0.467 e. The summed E-state index contributed by atoms with van der Waals surface area (Å²) in [5, 5.41) is 13.6. The van der Waals surface area contributed by atoms with E-state index in [4.69, 9.17) is 4.42 Å². The summed E-state index contributed by atoms with van der Waals surface area (Å²) in [7, 11) is 1.65. The first-order valence-electron chi connectivity index (χ1n) is 6.75. The second kappa shape index (κ2) is 6.75. The number of nitro benzene ring substituents is 1. The summed E-state index contributed by atoms with van der Waals surface area (Å²) in [5.74, 6) is 0.681. The van der Waals surface area contributed by atoms with Crippen LogP contribution in [-0.4, -0.2) is 22.9 Å². The molecule has 0 radical (unpaired) electrons. The van der Waals surface area contributed by atoms with E-state index in [2.05, 4.69) is 5.32 Å². The molecule has 0 aliphatic heterocycles. The Kier molecular flexibility index (Phi) is 4.77. The van der Waals surface area contributed by atoms with Crippen molar-refractivity contribution in [2.75, 3.05) is 7.05 Å². The van der Waals surface area contributed by atoms with Crippen LogP contribution in [0, 0.1) is 10.1 Å². The lowest BCUT2D eigenvalue weighted by Crippen LogP contribution is -2.38. The monoisotopic (exact) mass is 303 g/mol. The average molecular weight is 303 g/mol. The number of nitro groups is 1. The third-order valence-corrected chi connectivity index (χ3v) is 3.24. The van der Waals surface area contributed by atoms with E-state index >= 15 is 0 Å². The highest BCUT2D eigenvalue weighted by molar-refractivity contribution is 5.74. The van der Waals surface area contributed by atoms with Gasteiger partial charge in [0.1, 0.15) is 5.76 Å². The molecule has 1 heterocycles. The van der Waals surface area contributed by atoms with E-state index in [0.29, 0.717) is 17.9 Å². The molecule has 0 bridgehead atoms. The van der Waals surface area contributed by atoms with Gasteiger partial charge >= 0.3 is 6.03 Å². The van der Waals surface area contributed by atoms with Crippen LogP contribution in [0.25, 0.3) is 0 Å². The van der Waals surface area contributed by atoms with E-state index in [9.17, 15) is 14.9 Å². The number of rotatable bonds is 5. The molecule has 0 aliphatic rings. The van der Waals surface area contributed by atoms with Crippen molar-refractivity contribution >= 4 is 11.7 Å². The van der Waals surface area contributed by atoms with E-state index in [0.717, 1.165) is 0 Å². The van der Waals surface area contributed by atoms with Crippen molar-refractivity contribution in [3.05, 3.63) is 64.1 Å². The Labute approximate surface area is 127 Å². The first-order chi connectivity index (χ1) is 10.5. The van der Waals surface area contributed by atoms with Gasteiger partial charge in [0.2, 0.25) is 0 Å². The summed E-state index contributed by atoms with van der Waals surface area (Å²) in [5.41, 5.74) is 0.677. The summed E-state index contributed by atoms with van der Waals surface area (Å²) in [6.07, 6.45) is 1.55. The molecule has 7 heteroatoms. The number of non-ortho nitro benzene ring substituents is 1. The molecule has 22 heavy (non-hydrogen) atoms. The van der Waals surface area contributed by atoms with Gasteiger partial charge in [0.25, 0.3) is 5.69 Å². The molecule has 0 saturated carbocycles. The number of carbonyl (C=O) groups is 1. The molecule has 0 fully saturated rings. The van der Waals surface area contributed by atoms with Crippen molar-refractivity contribution in [1.29, 1.82) is 0 Å². The topological polar surface area (TPSA) is 88.6 Å². The van der Waals surface area contributed by atoms with Crippen LogP contribution in [0.15, 0.2) is 47.1 Å². The van der Waals surface area contributed by atoms with Crippen molar-refractivity contribution in [3.8, 4) is 0 Å². The van der Waals surface area contributed by atoms with Crippen molar-refractivity contribution in [2.45, 2.75) is 19.5 Å². The normalized spacial score (nSPS) is 11.7. The molecule has 0 saturated heterocycles. The second-order valence-corrected chi connectivity index (χ2v) is 4.96. The molecule has 1 aromatic heterocycles. The molecule has 116 valence electrons. The van der Waals surface area contributed by atoms with E-state index < -0.39 is 4.92 Å². The molecule has 0 unspecified atom stereocenters. The maximum absolute atomic E-state index is 12.1. The minimum absolute atomic E-state index is 0.00235. The van der Waals surface area contributed by atoms with E-state index in [1.54, 1.807) is 44.5 Å². The number of urea groups is 1. The minimum atomic E-state index is -0.457. The number of furan rings is 1. The number of nitrogens with one attached hydrogen (secondary N) is 1. The maximum Gasteiger partial charge on any atom is 0.318 e. The van der Waals surface area contributed by atoms with Gasteiger partial charge in [-0.2, -0.15) is 0 Å². The molecular weight excluding hydrogens is 286 g/mol. The Morgan fingerprint density at radius 2 is 2.18 bits per heavy atom. The SMILES string of the molecule is C[C@@H](NC(=O)N(C)Cc1ccco1)c1cccc([N+](=O)[O-])c1. The Bertz CT molecular complexity index is 655. The van der Waals surface area contributed by atoms with Crippen LogP contribution < -0.4 is 5.32 Å². The Hall–Kier alpha value is -2.83. The first-order valence-corrected chi connectivity index (χ1v) is 6.75. The number of hydrogen-bond donors (Lipinski definition) is 1. The lowest BCUT2D eigenvalue weighted by molar-refractivity contribution is -0.384. The van der Waals surface area contributed by atoms with Gasteiger partial charge in [0.05, 0.1) is 23.8 Å². The van der Waals surface area contributed by atoms with Crippen LogP contribution in [0.4, 0.5) is 10.5 Å². The number of amides is 2. The predicted molar refractivity (Wildman–Crippen MR) is 80.2 cm³/mol. The molecular formula is C15H17N3O4. The molecule has 1 atom stereocenters. The van der Waals surface area contributed by atoms with Crippen LogP contribution in [-0.2, 0) is 6.54 Å². The molecule has 1 N–H and O–H groups in total. The van der Waals surface area contributed by atoms with Gasteiger partial charge in [-0.1, -0.05) is 12.1 Å². The molecule has 7 nitrogen and oxygen atoms in total. The largest absolute Gasteiger partial charge is 0.467 e. The van der Waals surface area contributed by atoms with Gasteiger partial charge in [-0.15, -0.1) is 0 Å². The van der Waals surface area contributed by atoms with Crippen LogP contribution in [0.3, 0.4) is 0 Å². The fourth-order valence-electron chi connectivity index (χ4n) is 1.99. The zero-order valence-corrected chi connectivity index (χ0v) is 12.4. The fraction of sp³-hybridized carbons (Fsp3) is 0.267. The predicted octanol–water partition coefficient (Wildman–Crippen LogP) is 3.09. The van der Waals surface area contributed by atoms with E-state index in [1.807, 2.05) is 0 Å². The third-order valence-electron chi connectivity index (χ3n) is 3.24. The molecule has 1 aromatic carbocycles. The zero-order chi connectivity index (χ0) is 16.1. The van der Waals surface area contributed by atoms with Crippen LogP contribution in [0.2, 0.25) is 0 Å². The van der Waals surface area contributed by atoms with Gasteiger partial charge < -0.3 is 14.6 Å². The van der Waals surface area contributed by atoms with E-state index in [1.165, 1.54) is 17.0 Å². The number of benzene rings is 1. The standard InChI is InChI=1S/C15H17N3O4/c1-11(12-5-3-6-13(9-12)18(20)21)16-15(19)17(2)10-14-7-4-8-22-14/h3-9,11H,10H2,1-2H3,(H,16,19)/t11-/m1/s1. The Morgan fingerprint density at radius 1 is 1.41 bits per heavy atom.